The molecule has 3 N–H and O–H groups in total. The summed E-state index contributed by atoms with van der Waals surface area (Å²) >= 11 is 0. The molecule has 5 heteroatoms. The first-order chi connectivity index (χ1) is 9.13. The van der Waals surface area contributed by atoms with Gasteiger partial charge in [0.2, 0.25) is 5.91 Å². The zero-order valence-electron chi connectivity index (χ0n) is 11.3. The molecule has 2 fully saturated rings. The lowest BCUT2D eigenvalue weighted by atomic mass is 9.84. The van der Waals surface area contributed by atoms with Crippen molar-refractivity contribution in [3.63, 3.8) is 0 Å². The highest BCUT2D eigenvalue weighted by atomic mass is 16.5. The molecular weight excluding hydrogens is 242 g/mol. The Morgan fingerprint density at radius 1 is 1.63 bits per heavy atom. The molecule has 2 aliphatic rings. The average Bonchev–Trinajstić information content (AvgIpc) is 3.10. The molecule has 0 spiro atoms. The van der Waals surface area contributed by atoms with Crippen LogP contribution in [0.1, 0.15) is 31.5 Å². The van der Waals surface area contributed by atoms with Gasteiger partial charge in [-0.1, -0.05) is 0 Å². The molecule has 104 valence electrons. The smallest absolute Gasteiger partial charge is 0.233 e. The van der Waals surface area contributed by atoms with Crippen LogP contribution in [0.15, 0.2) is 18.3 Å². The lowest BCUT2D eigenvalue weighted by Crippen LogP contribution is -2.51. The van der Waals surface area contributed by atoms with E-state index in [4.69, 9.17) is 10.5 Å². The van der Waals surface area contributed by atoms with E-state index < -0.39 is 5.41 Å². The first-order valence-corrected chi connectivity index (χ1v) is 6.90. The zero-order chi connectivity index (χ0) is 13.5. The Morgan fingerprint density at radius 2 is 2.47 bits per heavy atom. The van der Waals surface area contributed by atoms with Gasteiger partial charge in [-0.3, -0.25) is 4.79 Å². The van der Waals surface area contributed by atoms with Crippen LogP contribution >= 0.6 is 0 Å². The minimum Gasteiger partial charge on any atom is -0.379 e. The van der Waals surface area contributed by atoms with Gasteiger partial charge in [0.25, 0.3) is 0 Å². The van der Waals surface area contributed by atoms with Crippen LogP contribution in [0, 0.1) is 5.41 Å². The van der Waals surface area contributed by atoms with Crippen molar-refractivity contribution in [2.24, 2.45) is 11.1 Å². The lowest BCUT2D eigenvalue weighted by Gasteiger charge is -2.34. The van der Waals surface area contributed by atoms with E-state index in [0.717, 1.165) is 25.1 Å². The molecule has 0 bridgehead atoms. The highest BCUT2D eigenvalue weighted by molar-refractivity contribution is 5.84. The summed E-state index contributed by atoms with van der Waals surface area (Å²) < 4.78 is 5.40. The van der Waals surface area contributed by atoms with Crippen LogP contribution in [-0.2, 0) is 9.53 Å². The predicted octanol–water partition coefficient (Wildman–Crippen LogP) is 1.04. The molecule has 19 heavy (non-hydrogen) atoms. The molecular formula is C14H21N3O2. The Hall–Kier alpha value is -1.33. The van der Waals surface area contributed by atoms with Gasteiger partial charge >= 0.3 is 0 Å². The van der Waals surface area contributed by atoms with Gasteiger partial charge in [-0.2, -0.15) is 0 Å². The summed E-state index contributed by atoms with van der Waals surface area (Å²) in [4.78, 5) is 18.0. The number of carbonyl (C=O) groups is 1. The van der Waals surface area contributed by atoms with E-state index in [-0.39, 0.29) is 18.0 Å². The topological polar surface area (TPSA) is 71.3 Å². The molecule has 0 aliphatic carbocycles. The Bertz CT molecular complexity index is 459. The summed E-state index contributed by atoms with van der Waals surface area (Å²) in [7, 11) is 0. The minimum absolute atomic E-state index is 0.134. The van der Waals surface area contributed by atoms with Crippen molar-refractivity contribution < 1.29 is 9.53 Å². The van der Waals surface area contributed by atoms with E-state index in [1.807, 2.05) is 30.2 Å². The molecule has 2 saturated heterocycles. The normalized spacial score (nSPS) is 34.9. The maximum absolute atomic E-state index is 12.8. The Balaban J connectivity index is 1.83. The standard InChI is InChI=1S/C14H21N3O2/c1-14(9-19-8-12(14)15)13(18)17-7-3-5-11(17)10-4-2-6-16-10/h2,4,6,11-12,16H,3,5,7-9,15H2,1H3. The van der Waals surface area contributed by atoms with E-state index in [2.05, 4.69) is 4.98 Å². The highest BCUT2D eigenvalue weighted by Crippen LogP contribution is 2.37. The molecule has 2 aliphatic heterocycles. The minimum atomic E-state index is -0.574. The molecule has 0 radical (unpaired) electrons. The zero-order valence-corrected chi connectivity index (χ0v) is 11.3. The number of hydrogen-bond acceptors (Lipinski definition) is 3. The summed E-state index contributed by atoms with van der Waals surface area (Å²) in [6.45, 7) is 3.64. The fraction of sp³-hybridized carbons (Fsp3) is 0.643. The summed E-state index contributed by atoms with van der Waals surface area (Å²) in [5.41, 5.74) is 6.60. The number of carbonyl (C=O) groups excluding carboxylic acids is 1. The Labute approximate surface area is 113 Å². The molecule has 3 atom stereocenters. The maximum atomic E-state index is 12.8. The number of nitrogens with one attached hydrogen (secondary N) is 1. The van der Waals surface area contributed by atoms with Crippen molar-refractivity contribution in [1.82, 2.24) is 9.88 Å². The van der Waals surface area contributed by atoms with Crippen molar-refractivity contribution in [2.75, 3.05) is 19.8 Å². The van der Waals surface area contributed by atoms with Crippen LogP contribution in [0.25, 0.3) is 0 Å². The van der Waals surface area contributed by atoms with Crippen LogP contribution in [0.5, 0.6) is 0 Å². The Kier molecular flexibility index (Phi) is 3.11. The van der Waals surface area contributed by atoms with Gasteiger partial charge in [0, 0.05) is 24.5 Å². The van der Waals surface area contributed by atoms with Crippen molar-refractivity contribution in [3.8, 4) is 0 Å². The second-order valence-corrected chi connectivity index (χ2v) is 5.82. The van der Waals surface area contributed by atoms with Gasteiger partial charge in [0.15, 0.2) is 0 Å². The molecule has 5 nitrogen and oxygen atoms in total. The number of hydrogen-bond donors (Lipinski definition) is 2. The summed E-state index contributed by atoms with van der Waals surface area (Å²) in [5.74, 6) is 0.134. The van der Waals surface area contributed by atoms with Crippen LogP contribution < -0.4 is 5.73 Å². The number of nitrogens with two attached hydrogens (primary N) is 1. The first kappa shape index (κ1) is 12.7. The molecule has 0 saturated carbocycles. The number of ether oxygens (including phenoxy) is 1. The van der Waals surface area contributed by atoms with Gasteiger partial charge < -0.3 is 20.4 Å². The van der Waals surface area contributed by atoms with Gasteiger partial charge in [-0.15, -0.1) is 0 Å². The molecule has 0 aromatic carbocycles. The van der Waals surface area contributed by atoms with E-state index >= 15 is 0 Å². The average molecular weight is 263 g/mol. The van der Waals surface area contributed by atoms with Gasteiger partial charge in [-0.25, -0.2) is 0 Å². The third-order valence-corrected chi connectivity index (χ3v) is 4.50. The molecule has 1 aromatic rings. The van der Waals surface area contributed by atoms with E-state index in [9.17, 15) is 4.79 Å². The van der Waals surface area contributed by atoms with Crippen molar-refractivity contribution in [2.45, 2.75) is 31.8 Å². The molecule has 1 amide bonds. The third-order valence-electron chi connectivity index (χ3n) is 4.50. The Morgan fingerprint density at radius 3 is 3.11 bits per heavy atom. The van der Waals surface area contributed by atoms with E-state index in [1.54, 1.807) is 0 Å². The summed E-state index contributed by atoms with van der Waals surface area (Å²) in [6.07, 6.45) is 3.96. The van der Waals surface area contributed by atoms with Crippen LogP contribution in [-0.4, -0.2) is 41.6 Å². The SMILES string of the molecule is CC1(C(=O)N2CCCC2c2ccc[nH]2)COCC1N. The van der Waals surface area contributed by atoms with Crippen LogP contribution in [0.4, 0.5) is 0 Å². The van der Waals surface area contributed by atoms with Crippen molar-refractivity contribution in [3.05, 3.63) is 24.0 Å². The van der Waals surface area contributed by atoms with E-state index in [1.165, 1.54) is 0 Å². The van der Waals surface area contributed by atoms with Crippen molar-refractivity contribution >= 4 is 5.91 Å². The molecule has 1 aromatic heterocycles. The second-order valence-electron chi connectivity index (χ2n) is 5.82. The van der Waals surface area contributed by atoms with E-state index in [0.29, 0.717) is 13.2 Å². The number of amides is 1. The fourth-order valence-electron chi connectivity index (χ4n) is 3.12. The summed E-state index contributed by atoms with van der Waals surface area (Å²) in [6, 6.07) is 3.98. The monoisotopic (exact) mass is 263 g/mol. The number of nitrogens with zero attached hydrogens (tertiary/aromatic N) is 1. The van der Waals surface area contributed by atoms with Gasteiger partial charge in [-0.05, 0) is 31.9 Å². The molecule has 3 heterocycles. The molecule has 3 rings (SSSR count). The first-order valence-electron chi connectivity index (χ1n) is 6.90. The van der Waals surface area contributed by atoms with Gasteiger partial charge in [0.1, 0.15) is 0 Å². The fourth-order valence-corrected chi connectivity index (χ4v) is 3.12. The number of likely N-dealkylation sites (tertiary alicyclic amines) is 1. The summed E-state index contributed by atoms with van der Waals surface area (Å²) in [5, 5.41) is 0. The number of H-pyrrole nitrogens is 1. The number of aromatic nitrogens is 1. The van der Waals surface area contributed by atoms with Gasteiger partial charge in [0.05, 0.1) is 24.7 Å². The number of aromatic amines is 1. The predicted molar refractivity (Wildman–Crippen MR) is 71.4 cm³/mol. The highest BCUT2D eigenvalue weighted by Gasteiger charge is 2.48. The lowest BCUT2D eigenvalue weighted by molar-refractivity contribution is -0.142. The van der Waals surface area contributed by atoms with Crippen molar-refractivity contribution in [1.29, 1.82) is 0 Å². The largest absolute Gasteiger partial charge is 0.379 e. The number of rotatable bonds is 2. The molecule has 3 unspecified atom stereocenters. The van der Waals surface area contributed by atoms with Crippen LogP contribution in [0.3, 0.4) is 0 Å². The second kappa shape index (κ2) is 4.65. The third kappa shape index (κ3) is 1.97. The quantitative estimate of drug-likeness (QED) is 0.837. The maximum Gasteiger partial charge on any atom is 0.233 e. The van der Waals surface area contributed by atoms with Crippen LogP contribution in [0.2, 0.25) is 0 Å².